The number of methoxy groups -OCH3 is 1. The van der Waals surface area contributed by atoms with Crippen molar-refractivity contribution < 1.29 is 9.47 Å². The first-order chi connectivity index (χ1) is 11.3. The molecule has 0 bridgehead atoms. The number of hydrogen-bond donors (Lipinski definition) is 1. The topological polar surface area (TPSA) is 50.4 Å². The standard InChI is InChI=1S/C18H21N3O2/c1-22-15-9-16(18-19-6-7-20-18)21(11-15)10-13-8-14-4-2-3-5-17(14)23-12-13/h2-8,15-16H,9-12H2,1H3,(H,19,20)/t15-,16+/m1/s1. The highest BCUT2D eigenvalue weighted by atomic mass is 16.5. The van der Waals surface area contributed by atoms with Crippen molar-refractivity contribution in [1.82, 2.24) is 14.9 Å². The summed E-state index contributed by atoms with van der Waals surface area (Å²) in [7, 11) is 1.78. The van der Waals surface area contributed by atoms with Crippen molar-refractivity contribution in [3.8, 4) is 5.75 Å². The van der Waals surface area contributed by atoms with Gasteiger partial charge >= 0.3 is 0 Å². The molecule has 5 nitrogen and oxygen atoms in total. The number of benzene rings is 1. The Morgan fingerprint density at radius 3 is 3.13 bits per heavy atom. The lowest BCUT2D eigenvalue weighted by Gasteiger charge is -2.26. The lowest BCUT2D eigenvalue weighted by atomic mass is 10.1. The van der Waals surface area contributed by atoms with E-state index in [-0.39, 0.29) is 12.1 Å². The van der Waals surface area contributed by atoms with Gasteiger partial charge in [-0.05, 0) is 24.1 Å². The first-order valence-corrected chi connectivity index (χ1v) is 8.01. The van der Waals surface area contributed by atoms with Crippen molar-refractivity contribution in [2.75, 3.05) is 26.8 Å². The summed E-state index contributed by atoms with van der Waals surface area (Å²) >= 11 is 0. The molecule has 5 heteroatoms. The van der Waals surface area contributed by atoms with Crippen LogP contribution in [0, 0.1) is 0 Å². The van der Waals surface area contributed by atoms with E-state index in [9.17, 15) is 0 Å². The summed E-state index contributed by atoms with van der Waals surface area (Å²) in [4.78, 5) is 10.1. The predicted molar refractivity (Wildman–Crippen MR) is 88.2 cm³/mol. The highest BCUT2D eigenvalue weighted by Crippen LogP contribution is 2.33. The van der Waals surface area contributed by atoms with Gasteiger partial charge in [0.1, 0.15) is 18.2 Å². The fourth-order valence-electron chi connectivity index (χ4n) is 3.47. The van der Waals surface area contributed by atoms with Crippen LogP contribution < -0.4 is 4.74 Å². The van der Waals surface area contributed by atoms with Crippen molar-refractivity contribution >= 4 is 6.08 Å². The minimum Gasteiger partial charge on any atom is -0.489 e. The summed E-state index contributed by atoms with van der Waals surface area (Å²) in [5.41, 5.74) is 2.45. The Labute approximate surface area is 135 Å². The van der Waals surface area contributed by atoms with Crippen molar-refractivity contribution in [2.45, 2.75) is 18.6 Å². The Morgan fingerprint density at radius 2 is 2.30 bits per heavy atom. The van der Waals surface area contributed by atoms with Gasteiger partial charge in [0.15, 0.2) is 0 Å². The molecule has 3 heterocycles. The van der Waals surface area contributed by atoms with E-state index in [1.807, 2.05) is 30.6 Å². The quantitative estimate of drug-likeness (QED) is 0.943. The third-order valence-electron chi connectivity index (χ3n) is 4.63. The van der Waals surface area contributed by atoms with Crippen LogP contribution in [0.15, 0.2) is 42.2 Å². The lowest BCUT2D eigenvalue weighted by Crippen LogP contribution is -2.30. The number of H-pyrrole nitrogens is 1. The van der Waals surface area contributed by atoms with Gasteiger partial charge in [0.05, 0.1) is 12.1 Å². The fourth-order valence-corrected chi connectivity index (χ4v) is 3.47. The number of likely N-dealkylation sites (tertiary alicyclic amines) is 1. The largest absolute Gasteiger partial charge is 0.489 e. The van der Waals surface area contributed by atoms with Crippen LogP contribution in [0.3, 0.4) is 0 Å². The van der Waals surface area contributed by atoms with E-state index in [2.05, 4.69) is 27.0 Å². The molecule has 4 rings (SSSR count). The first-order valence-electron chi connectivity index (χ1n) is 8.01. The van der Waals surface area contributed by atoms with Crippen LogP contribution in [0.4, 0.5) is 0 Å². The Balaban J connectivity index is 1.54. The number of fused-ring (bicyclic) bond motifs is 1. The summed E-state index contributed by atoms with van der Waals surface area (Å²) in [6.07, 6.45) is 7.16. The van der Waals surface area contributed by atoms with Crippen LogP contribution in [0.5, 0.6) is 5.75 Å². The zero-order chi connectivity index (χ0) is 15.6. The van der Waals surface area contributed by atoms with E-state index < -0.39 is 0 Å². The van der Waals surface area contributed by atoms with Crippen molar-refractivity contribution in [3.05, 3.63) is 53.6 Å². The van der Waals surface area contributed by atoms with Gasteiger partial charge in [0, 0.05) is 38.2 Å². The first kappa shape index (κ1) is 14.5. The highest BCUT2D eigenvalue weighted by molar-refractivity contribution is 5.62. The number of aromatic nitrogens is 2. The molecule has 2 aliphatic rings. The van der Waals surface area contributed by atoms with Gasteiger partial charge in [0.2, 0.25) is 0 Å². The second-order valence-electron chi connectivity index (χ2n) is 6.14. The number of nitrogens with zero attached hydrogens (tertiary/aromatic N) is 2. The molecule has 0 radical (unpaired) electrons. The molecule has 0 aliphatic carbocycles. The molecule has 1 fully saturated rings. The van der Waals surface area contributed by atoms with Crippen molar-refractivity contribution in [1.29, 1.82) is 0 Å². The van der Waals surface area contributed by atoms with Gasteiger partial charge in [-0.25, -0.2) is 4.98 Å². The van der Waals surface area contributed by atoms with Gasteiger partial charge in [-0.15, -0.1) is 0 Å². The van der Waals surface area contributed by atoms with E-state index in [1.54, 1.807) is 7.11 Å². The molecule has 2 aliphatic heterocycles. The molecule has 23 heavy (non-hydrogen) atoms. The zero-order valence-electron chi connectivity index (χ0n) is 13.2. The number of rotatable bonds is 4. The third kappa shape index (κ3) is 2.90. The van der Waals surface area contributed by atoms with E-state index in [0.717, 1.165) is 36.6 Å². The molecule has 0 amide bonds. The molecular weight excluding hydrogens is 290 g/mol. The van der Waals surface area contributed by atoms with Crippen molar-refractivity contribution in [3.63, 3.8) is 0 Å². The highest BCUT2D eigenvalue weighted by Gasteiger charge is 2.35. The molecule has 1 N–H and O–H groups in total. The summed E-state index contributed by atoms with van der Waals surface area (Å²) in [5, 5.41) is 0. The zero-order valence-corrected chi connectivity index (χ0v) is 13.2. The van der Waals surface area contributed by atoms with Crippen molar-refractivity contribution in [2.24, 2.45) is 0 Å². The van der Waals surface area contributed by atoms with Gasteiger partial charge in [-0.1, -0.05) is 18.2 Å². The third-order valence-corrected chi connectivity index (χ3v) is 4.63. The Kier molecular flexibility index (Phi) is 3.89. The lowest BCUT2D eigenvalue weighted by molar-refractivity contribution is 0.109. The van der Waals surface area contributed by atoms with Crippen LogP contribution >= 0.6 is 0 Å². The fraction of sp³-hybridized carbons (Fsp3) is 0.389. The van der Waals surface area contributed by atoms with Gasteiger partial charge in [0.25, 0.3) is 0 Å². The molecule has 1 saturated heterocycles. The van der Waals surface area contributed by atoms with Gasteiger partial charge in [-0.2, -0.15) is 0 Å². The predicted octanol–water partition coefficient (Wildman–Crippen LogP) is 2.65. The minimum absolute atomic E-state index is 0.252. The number of hydrogen-bond acceptors (Lipinski definition) is 4. The molecule has 2 atom stereocenters. The maximum absolute atomic E-state index is 5.88. The maximum atomic E-state index is 5.88. The Morgan fingerprint density at radius 1 is 1.39 bits per heavy atom. The van der Waals surface area contributed by atoms with Gasteiger partial charge < -0.3 is 14.5 Å². The molecule has 1 aromatic carbocycles. The van der Waals surface area contributed by atoms with Crippen LogP contribution in [-0.2, 0) is 4.74 Å². The van der Waals surface area contributed by atoms with E-state index in [1.165, 1.54) is 5.57 Å². The second kappa shape index (κ2) is 6.18. The van der Waals surface area contributed by atoms with E-state index in [4.69, 9.17) is 9.47 Å². The SMILES string of the molecule is CO[C@@H]1C[C@@H](c2ncc[nH]2)N(CC2=Cc3ccccc3OC2)C1. The van der Waals surface area contributed by atoms with Gasteiger partial charge in [-0.3, -0.25) is 4.90 Å². The number of aromatic amines is 1. The molecule has 120 valence electrons. The Bertz CT molecular complexity index is 696. The smallest absolute Gasteiger partial charge is 0.127 e. The summed E-state index contributed by atoms with van der Waals surface area (Å²) in [6.45, 7) is 2.44. The summed E-state index contributed by atoms with van der Waals surface area (Å²) in [5.74, 6) is 1.98. The van der Waals surface area contributed by atoms with Crippen LogP contribution in [0.2, 0.25) is 0 Å². The monoisotopic (exact) mass is 311 g/mol. The molecule has 0 spiro atoms. The van der Waals surface area contributed by atoms with Crippen LogP contribution in [0.1, 0.15) is 23.9 Å². The van der Waals surface area contributed by atoms with Crippen LogP contribution in [0.25, 0.3) is 6.08 Å². The molecule has 1 aromatic heterocycles. The van der Waals surface area contributed by atoms with Crippen LogP contribution in [-0.4, -0.2) is 47.8 Å². The van der Waals surface area contributed by atoms with E-state index in [0.29, 0.717) is 6.61 Å². The normalized spacial score (nSPS) is 24.1. The molecule has 0 unspecified atom stereocenters. The second-order valence-corrected chi connectivity index (χ2v) is 6.14. The number of para-hydroxylation sites is 1. The summed E-state index contributed by atoms with van der Waals surface area (Å²) in [6, 6.07) is 8.44. The molecular formula is C18H21N3O2. The molecule has 0 saturated carbocycles. The number of nitrogens with one attached hydrogen (secondary N) is 1. The molecule has 2 aromatic rings. The average Bonchev–Trinajstić information content (AvgIpc) is 3.24. The summed E-state index contributed by atoms with van der Waals surface area (Å²) < 4.78 is 11.5. The average molecular weight is 311 g/mol. The Hall–Kier alpha value is -2.11. The minimum atomic E-state index is 0.252. The number of ether oxygens (including phenoxy) is 2. The van der Waals surface area contributed by atoms with E-state index >= 15 is 0 Å². The maximum Gasteiger partial charge on any atom is 0.127 e. The number of imidazole rings is 1.